The SMILES string of the molecule is O=C(CC1CCCCC1)N[C@H](Cc1ccccc1)C(=O)O. The first-order valence-corrected chi connectivity index (χ1v) is 7.71. The summed E-state index contributed by atoms with van der Waals surface area (Å²) in [6.45, 7) is 0. The Hall–Kier alpha value is -1.84. The molecular weight excluding hydrogens is 266 g/mol. The Morgan fingerprint density at radius 1 is 1.14 bits per heavy atom. The summed E-state index contributed by atoms with van der Waals surface area (Å²) in [5.41, 5.74) is 0.919. The molecule has 1 aliphatic carbocycles. The smallest absolute Gasteiger partial charge is 0.326 e. The highest BCUT2D eigenvalue weighted by Crippen LogP contribution is 2.26. The van der Waals surface area contributed by atoms with Gasteiger partial charge in [-0.3, -0.25) is 4.79 Å². The van der Waals surface area contributed by atoms with Crippen LogP contribution in [0.4, 0.5) is 0 Å². The van der Waals surface area contributed by atoms with E-state index < -0.39 is 12.0 Å². The third kappa shape index (κ3) is 5.21. The Bertz CT molecular complexity index is 466. The molecule has 114 valence electrons. The Labute approximate surface area is 125 Å². The minimum absolute atomic E-state index is 0.134. The van der Waals surface area contributed by atoms with Crippen LogP contribution in [0, 0.1) is 5.92 Å². The van der Waals surface area contributed by atoms with Crippen molar-refractivity contribution >= 4 is 11.9 Å². The van der Waals surface area contributed by atoms with E-state index in [2.05, 4.69) is 5.32 Å². The molecule has 21 heavy (non-hydrogen) atoms. The maximum atomic E-state index is 12.0. The summed E-state index contributed by atoms with van der Waals surface area (Å²) in [5.74, 6) is -0.689. The lowest BCUT2D eigenvalue weighted by molar-refractivity contribution is -0.142. The second-order valence-corrected chi connectivity index (χ2v) is 5.86. The predicted molar refractivity (Wildman–Crippen MR) is 80.9 cm³/mol. The molecule has 1 aromatic carbocycles. The van der Waals surface area contributed by atoms with Gasteiger partial charge in [-0.05, 0) is 24.3 Å². The minimum Gasteiger partial charge on any atom is -0.480 e. The van der Waals surface area contributed by atoms with Crippen LogP contribution in [0.3, 0.4) is 0 Å². The molecule has 1 aliphatic rings. The van der Waals surface area contributed by atoms with Crippen LogP contribution in [0.25, 0.3) is 0 Å². The van der Waals surface area contributed by atoms with Crippen LogP contribution in [-0.4, -0.2) is 23.0 Å². The van der Waals surface area contributed by atoms with Gasteiger partial charge in [-0.25, -0.2) is 4.79 Å². The van der Waals surface area contributed by atoms with E-state index >= 15 is 0 Å². The second kappa shape index (κ2) is 7.81. The molecule has 0 spiro atoms. The van der Waals surface area contributed by atoms with Crippen LogP contribution in [-0.2, 0) is 16.0 Å². The van der Waals surface area contributed by atoms with Gasteiger partial charge in [0.1, 0.15) is 6.04 Å². The highest BCUT2D eigenvalue weighted by Gasteiger charge is 2.23. The third-order valence-electron chi connectivity index (χ3n) is 4.11. The van der Waals surface area contributed by atoms with E-state index in [9.17, 15) is 14.7 Å². The number of carboxylic acids is 1. The summed E-state index contributed by atoms with van der Waals surface area (Å²) in [6.07, 6.45) is 6.58. The molecule has 0 bridgehead atoms. The van der Waals surface area contributed by atoms with Crippen molar-refractivity contribution in [3.05, 3.63) is 35.9 Å². The molecule has 0 saturated heterocycles. The number of aliphatic carboxylic acids is 1. The number of nitrogens with one attached hydrogen (secondary N) is 1. The van der Waals surface area contributed by atoms with Crippen molar-refractivity contribution in [2.75, 3.05) is 0 Å². The number of rotatable bonds is 6. The van der Waals surface area contributed by atoms with E-state index in [1.807, 2.05) is 30.3 Å². The molecule has 1 aromatic rings. The summed E-state index contributed by atoms with van der Waals surface area (Å²) in [7, 11) is 0. The first-order chi connectivity index (χ1) is 10.1. The summed E-state index contributed by atoms with van der Waals surface area (Å²) in [6, 6.07) is 8.55. The molecular formula is C17H23NO3. The van der Waals surface area contributed by atoms with Crippen LogP contribution in [0.2, 0.25) is 0 Å². The molecule has 0 aromatic heterocycles. The highest BCUT2D eigenvalue weighted by atomic mass is 16.4. The molecule has 4 nitrogen and oxygen atoms in total. The zero-order valence-corrected chi connectivity index (χ0v) is 12.3. The van der Waals surface area contributed by atoms with E-state index in [4.69, 9.17) is 0 Å². The number of carbonyl (C=O) groups is 2. The van der Waals surface area contributed by atoms with Gasteiger partial charge < -0.3 is 10.4 Å². The topological polar surface area (TPSA) is 66.4 Å². The molecule has 0 radical (unpaired) electrons. The van der Waals surface area contributed by atoms with Crippen molar-refractivity contribution in [1.82, 2.24) is 5.32 Å². The van der Waals surface area contributed by atoms with Crippen LogP contribution < -0.4 is 5.32 Å². The van der Waals surface area contributed by atoms with Crippen LogP contribution in [0.5, 0.6) is 0 Å². The van der Waals surface area contributed by atoms with E-state index in [1.165, 1.54) is 19.3 Å². The van der Waals surface area contributed by atoms with E-state index in [1.54, 1.807) is 0 Å². The summed E-state index contributed by atoms with van der Waals surface area (Å²) in [5, 5.41) is 11.9. The fraction of sp³-hybridized carbons (Fsp3) is 0.529. The van der Waals surface area contributed by atoms with Crippen molar-refractivity contribution in [2.45, 2.75) is 51.0 Å². The lowest BCUT2D eigenvalue weighted by atomic mass is 9.87. The average Bonchev–Trinajstić information content (AvgIpc) is 2.48. The number of carbonyl (C=O) groups excluding carboxylic acids is 1. The first kappa shape index (κ1) is 15.5. The first-order valence-electron chi connectivity index (χ1n) is 7.71. The lowest BCUT2D eigenvalue weighted by Gasteiger charge is -2.22. The molecule has 1 saturated carbocycles. The zero-order chi connectivity index (χ0) is 15.1. The number of benzene rings is 1. The Morgan fingerprint density at radius 2 is 1.81 bits per heavy atom. The van der Waals surface area contributed by atoms with E-state index in [-0.39, 0.29) is 5.91 Å². The minimum atomic E-state index is -0.976. The molecule has 2 rings (SSSR count). The Balaban J connectivity index is 1.86. The Morgan fingerprint density at radius 3 is 2.43 bits per heavy atom. The van der Waals surface area contributed by atoms with Gasteiger partial charge in [0, 0.05) is 12.8 Å². The van der Waals surface area contributed by atoms with Gasteiger partial charge >= 0.3 is 5.97 Å². The van der Waals surface area contributed by atoms with Gasteiger partial charge in [-0.2, -0.15) is 0 Å². The molecule has 1 amide bonds. The van der Waals surface area contributed by atoms with Gasteiger partial charge in [-0.1, -0.05) is 49.6 Å². The fourth-order valence-electron chi connectivity index (χ4n) is 2.96. The monoisotopic (exact) mass is 289 g/mol. The maximum absolute atomic E-state index is 12.0. The third-order valence-corrected chi connectivity index (χ3v) is 4.11. The molecule has 0 aliphatic heterocycles. The van der Waals surface area contributed by atoms with Gasteiger partial charge in [0.15, 0.2) is 0 Å². The molecule has 1 atom stereocenters. The standard InChI is InChI=1S/C17H23NO3/c19-16(12-14-9-5-2-6-10-14)18-15(17(20)21)11-13-7-3-1-4-8-13/h1,3-4,7-8,14-15H,2,5-6,9-12H2,(H,18,19)(H,20,21)/t15-/m1/s1. The Kier molecular flexibility index (Phi) is 5.78. The van der Waals surface area contributed by atoms with Crippen molar-refractivity contribution < 1.29 is 14.7 Å². The second-order valence-electron chi connectivity index (χ2n) is 5.86. The van der Waals surface area contributed by atoms with Crippen molar-refractivity contribution in [1.29, 1.82) is 0 Å². The van der Waals surface area contributed by atoms with Gasteiger partial charge in [0.05, 0.1) is 0 Å². The quantitative estimate of drug-likeness (QED) is 0.846. The van der Waals surface area contributed by atoms with Crippen LogP contribution >= 0.6 is 0 Å². The summed E-state index contributed by atoms with van der Waals surface area (Å²) >= 11 is 0. The molecule has 4 heteroatoms. The maximum Gasteiger partial charge on any atom is 0.326 e. The summed E-state index contributed by atoms with van der Waals surface area (Å²) < 4.78 is 0. The van der Waals surface area contributed by atoms with Crippen molar-refractivity contribution in [3.63, 3.8) is 0 Å². The van der Waals surface area contributed by atoms with Crippen molar-refractivity contribution in [2.24, 2.45) is 5.92 Å². The molecule has 1 fully saturated rings. The number of amides is 1. The number of hydrogen-bond acceptors (Lipinski definition) is 2. The zero-order valence-electron chi connectivity index (χ0n) is 12.3. The number of carboxylic acid groups (broad SMARTS) is 1. The molecule has 2 N–H and O–H groups in total. The van der Waals surface area contributed by atoms with Crippen LogP contribution in [0.15, 0.2) is 30.3 Å². The predicted octanol–water partition coefficient (Wildman–Crippen LogP) is 2.77. The lowest BCUT2D eigenvalue weighted by Crippen LogP contribution is -2.43. The van der Waals surface area contributed by atoms with Crippen LogP contribution in [0.1, 0.15) is 44.1 Å². The van der Waals surface area contributed by atoms with E-state index in [0.717, 1.165) is 18.4 Å². The van der Waals surface area contributed by atoms with Gasteiger partial charge in [0.25, 0.3) is 0 Å². The van der Waals surface area contributed by atoms with E-state index in [0.29, 0.717) is 18.8 Å². The number of hydrogen-bond donors (Lipinski definition) is 2. The highest BCUT2D eigenvalue weighted by molar-refractivity contribution is 5.83. The normalized spacial score (nSPS) is 17.1. The van der Waals surface area contributed by atoms with Crippen molar-refractivity contribution in [3.8, 4) is 0 Å². The van der Waals surface area contributed by atoms with Gasteiger partial charge in [0.2, 0.25) is 5.91 Å². The average molecular weight is 289 g/mol. The fourth-order valence-corrected chi connectivity index (χ4v) is 2.96. The largest absolute Gasteiger partial charge is 0.480 e. The molecule has 0 unspecified atom stereocenters. The molecule has 0 heterocycles. The van der Waals surface area contributed by atoms with Gasteiger partial charge in [-0.15, -0.1) is 0 Å². The summed E-state index contributed by atoms with van der Waals surface area (Å²) in [4.78, 5) is 23.4.